The minimum atomic E-state index is -5.64. The van der Waals surface area contributed by atoms with Crippen LogP contribution < -0.4 is 4.74 Å². The molecule has 15 heteroatoms. The molecule has 2 heterocycles. The Morgan fingerprint density at radius 1 is 1.11 bits per heavy atom. The molecule has 0 saturated carbocycles. The van der Waals surface area contributed by atoms with E-state index in [-0.39, 0.29) is 44.3 Å². The fourth-order valence-electron chi connectivity index (χ4n) is 5.10. The van der Waals surface area contributed by atoms with Crippen molar-refractivity contribution in [3.63, 3.8) is 0 Å². The van der Waals surface area contributed by atoms with Crippen molar-refractivity contribution in [2.75, 3.05) is 26.4 Å². The fourth-order valence-corrected chi connectivity index (χ4v) is 5.57. The lowest BCUT2D eigenvalue weighted by molar-refractivity contribution is -0.164. The van der Waals surface area contributed by atoms with Crippen LogP contribution in [-0.4, -0.2) is 75.4 Å². The van der Waals surface area contributed by atoms with E-state index in [0.29, 0.717) is 22.4 Å². The number of aryl methyl sites for hydroxylation is 2. The van der Waals surface area contributed by atoms with E-state index in [1.54, 1.807) is 32.0 Å². The molecule has 3 unspecified atom stereocenters. The van der Waals surface area contributed by atoms with E-state index in [2.05, 4.69) is 17.3 Å². The second kappa shape index (κ2) is 16.6. The summed E-state index contributed by atoms with van der Waals surface area (Å²) in [7, 11) is -5.64. The normalized spacial score (nSPS) is 19.6. The number of halogens is 3. The third-order valence-electron chi connectivity index (χ3n) is 7.18. The Morgan fingerprint density at radius 3 is 2.33 bits per heavy atom. The van der Waals surface area contributed by atoms with Gasteiger partial charge in [0.05, 0.1) is 18.6 Å². The predicted molar refractivity (Wildman–Crippen MR) is 161 cm³/mol. The highest BCUT2D eigenvalue weighted by molar-refractivity contribution is 7.87. The second-order valence-electron chi connectivity index (χ2n) is 10.2. The van der Waals surface area contributed by atoms with Gasteiger partial charge in [0.2, 0.25) is 5.91 Å². The van der Waals surface area contributed by atoms with Crippen molar-refractivity contribution in [2.45, 2.75) is 65.1 Å². The van der Waals surface area contributed by atoms with Crippen LogP contribution in [0, 0.1) is 18.8 Å². The highest BCUT2D eigenvalue weighted by Gasteiger charge is 2.61. The number of amides is 1. The summed E-state index contributed by atoms with van der Waals surface area (Å²) in [5, 5.41) is 0. The summed E-state index contributed by atoms with van der Waals surface area (Å²) < 4.78 is 84.7. The Balaban J connectivity index is 0.00000361. The first-order valence-corrected chi connectivity index (χ1v) is 16.0. The number of carbonyl (C=O) groups is 3. The van der Waals surface area contributed by atoms with Crippen molar-refractivity contribution < 1.29 is 59.1 Å². The molecule has 1 saturated heterocycles. The van der Waals surface area contributed by atoms with E-state index >= 15 is 0 Å². The first kappa shape index (κ1) is 38.3. The molecule has 1 aromatic rings. The molecule has 0 bridgehead atoms. The fraction of sp³-hybridized carbons (Fsp3) is 0.516. The molecule has 0 radical (unpaired) electrons. The van der Waals surface area contributed by atoms with Gasteiger partial charge >= 0.3 is 27.8 Å². The van der Waals surface area contributed by atoms with Crippen LogP contribution >= 0.6 is 0 Å². The van der Waals surface area contributed by atoms with Gasteiger partial charge in [0.15, 0.2) is 0 Å². The van der Waals surface area contributed by atoms with Gasteiger partial charge in [0.1, 0.15) is 37.4 Å². The third kappa shape index (κ3) is 8.90. The Bertz CT molecular complexity index is 1420. The van der Waals surface area contributed by atoms with E-state index in [9.17, 15) is 36.0 Å². The molecular formula is C31H40F3NO10S. The molecular weight excluding hydrogens is 635 g/mol. The highest BCUT2D eigenvalue weighted by Crippen LogP contribution is 2.48. The summed E-state index contributed by atoms with van der Waals surface area (Å²) in [5.74, 6) is -1.81. The number of β-lactam (4-membered cyclic amide) rings is 1. The van der Waals surface area contributed by atoms with E-state index in [4.69, 9.17) is 18.9 Å². The van der Waals surface area contributed by atoms with Gasteiger partial charge < -0.3 is 23.8 Å². The molecule has 1 aromatic carbocycles. The summed E-state index contributed by atoms with van der Waals surface area (Å²) in [6, 6.07) is 4.54. The molecule has 256 valence electrons. The van der Waals surface area contributed by atoms with E-state index < -0.39 is 58.3 Å². The van der Waals surface area contributed by atoms with Gasteiger partial charge in [-0.3, -0.25) is 8.98 Å². The maximum atomic E-state index is 13.2. The molecule has 1 fully saturated rings. The maximum Gasteiger partial charge on any atom is 0.523 e. The summed E-state index contributed by atoms with van der Waals surface area (Å²) in [6.07, 6.45) is 1.24. The number of hydrogen-bond acceptors (Lipinski definition) is 10. The summed E-state index contributed by atoms with van der Waals surface area (Å²) >= 11 is 0. The van der Waals surface area contributed by atoms with E-state index in [1.807, 2.05) is 20.8 Å². The van der Waals surface area contributed by atoms with Crippen LogP contribution in [-0.2, 0) is 44.5 Å². The number of rotatable bonds is 15. The standard InChI is InChI=1S/C29H34F3NO10S.C2H6/c1-6-12-39-27(35)25-21(18(4)24-23(26(34)33(24)25)19(5)43-28(36)40-13-7-2)16-41-22-11-10-20(15-17(22)3)9-8-14-42-44(37,38)29(30,31)32;1-2/h6-7,10-11,15,18-19,23-24H,1-2,8-9,12-14,16H2,3-5H3;1-2H3/t18?,19?,23?,24-;/m1./s1. The minimum absolute atomic E-state index is 0.0239. The summed E-state index contributed by atoms with van der Waals surface area (Å²) in [4.78, 5) is 39.5. The molecule has 2 aliphatic rings. The molecule has 0 aliphatic carbocycles. The molecule has 11 nitrogen and oxygen atoms in total. The van der Waals surface area contributed by atoms with Crippen LogP contribution in [0.3, 0.4) is 0 Å². The van der Waals surface area contributed by atoms with Crippen molar-refractivity contribution in [2.24, 2.45) is 11.8 Å². The number of nitrogens with zero attached hydrogens (tertiary/aromatic N) is 1. The number of alkyl halides is 3. The lowest BCUT2D eigenvalue weighted by Gasteiger charge is -2.47. The van der Waals surface area contributed by atoms with Gasteiger partial charge in [-0.2, -0.15) is 21.6 Å². The molecule has 3 rings (SSSR count). The van der Waals surface area contributed by atoms with Crippen molar-refractivity contribution in [1.29, 1.82) is 0 Å². The molecule has 0 N–H and O–H groups in total. The number of fused-ring (bicyclic) bond motifs is 1. The molecule has 46 heavy (non-hydrogen) atoms. The third-order valence-corrected chi connectivity index (χ3v) is 8.23. The summed E-state index contributed by atoms with van der Waals surface area (Å²) in [5.41, 5.74) is -3.54. The molecule has 0 aromatic heterocycles. The zero-order valence-electron chi connectivity index (χ0n) is 26.4. The van der Waals surface area contributed by atoms with Crippen LogP contribution in [0.4, 0.5) is 18.0 Å². The average Bonchev–Trinajstić information content (AvgIpc) is 3.24. The number of carbonyl (C=O) groups excluding carboxylic acids is 3. The topological polar surface area (TPSA) is 135 Å². The van der Waals surface area contributed by atoms with Gasteiger partial charge in [0.25, 0.3) is 0 Å². The molecule has 1 amide bonds. The first-order chi connectivity index (χ1) is 21.6. The Morgan fingerprint density at radius 2 is 1.74 bits per heavy atom. The average molecular weight is 676 g/mol. The van der Waals surface area contributed by atoms with Crippen LogP contribution in [0.2, 0.25) is 0 Å². The Labute approximate surface area is 267 Å². The summed E-state index contributed by atoms with van der Waals surface area (Å²) in [6.45, 7) is 15.3. The van der Waals surface area contributed by atoms with Crippen LogP contribution in [0.15, 0.2) is 54.8 Å². The van der Waals surface area contributed by atoms with Crippen molar-refractivity contribution in [1.82, 2.24) is 4.90 Å². The van der Waals surface area contributed by atoms with E-state index in [1.165, 1.54) is 17.1 Å². The number of benzene rings is 1. The highest BCUT2D eigenvalue weighted by atomic mass is 32.2. The van der Waals surface area contributed by atoms with Gasteiger partial charge in [-0.1, -0.05) is 58.2 Å². The lowest BCUT2D eigenvalue weighted by Crippen LogP contribution is -2.64. The van der Waals surface area contributed by atoms with E-state index in [0.717, 1.165) is 0 Å². The minimum Gasteiger partial charge on any atom is -0.489 e. The van der Waals surface area contributed by atoms with Crippen molar-refractivity contribution >= 4 is 28.1 Å². The Kier molecular flexibility index (Phi) is 13.9. The zero-order chi connectivity index (χ0) is 34.8. The zero-order valence-corrected chi connectivity index (χ0v) is 27.2. The SMILES string of the molecule is C=CCOC(=O)OC(C)C1C(=O)N2C(C(=O)OCC=C)=C(COc3ccc(CCCOS(=O)(=O)C(F)(F)F)cc3C)C(C)[C@H]12.CC. The lowest BCUT2D eigenvalue weighted by atomic mass is 9.77. The van der Waals surface area contributed by atoms with Crippen LogP contribution in [0.5, 0.6) is 5.75 Å². The molecule has 2 aliphatic heterocycles. The quantitative estimate of drug-likeness (QED) is 0.0595. The van der Waals surface area contributed by atoms with Crippen LogP contribution in [0.1, 0.15) is 45.2 Å². The largest absolute Gasteiger partial charge is 0.523 e. The first-order valence-electron chi connectivity index (χ1n) is 14.6. The molecule has 0 spiro atoms. The van der Waals surface area contributed by atoms with Gasteiger partial charge in [-0.15, -0.1) is 0 Å². The molecule has 4 atom stereocenters. The van der Waals surface area contributed by atoms with Crippen molar-refractivity contribution in [3.05, 3.63) is 65.9 Å². The van der Waals surface area contributed by atoms with Gasteiger partial charge in [0, 0.05) is 11.5 Å². The second-order valence-corrected chi connectivity index (χ2v) is 11.8. The van der Waals surface area contributed by atoms with Gasteiger partial charge in [-0.25, -0.2) is 9.59 Å². The Hall–Kier alpha value is -3.85. The number of hydrogen-bond donors (Lipinski definition) is 0. The predicted octanol–water partition coefficient (Wildman–Crippen LogP) is 5.39. The van der Waals surface area contributed by atoms with Gasteiger partial charge in [-0.05, 0) is 43.9 Å². The smallest absolute Gasteiger partial charge is 0.489 e. The monoisotopic (exact) mass is 675 g/mol. The van der Waals surface area contributed by atoms with Crippen LogP contribution in [0.25, 0.3) is 0 Å². The number of ether oxygens (including phenoxy) is 4. The maximum absolute atomic E-state index is 13.2. The van der Waals surface area contributed by atoms with Crippen molar-refractivity contribution in [3.8, 4) is 5.75 Å². The number of esters is 1.